The Labute approximate surface area is 146 Å². The summed E-state index contributed by atoms with van der Waals surface area (Å²) < 4.78 is 19.1. The molecule has 1 aliphatic carbocycles. The molecule has 1 spiro atoms. The number of likely N-dealkylation sites (tertiary alicyclic amines) is 1. The second-order valence-electron chi connectivity index (χ2n) is 7.71. The Kier molecular flexibility index (Phi) is 3.93. The van der Waals surface area contributed by atoms with Crippen LogP contribution in [0.2, 0.25) is 0 Å². The van der Waals surface area contributed by atoms with Crippen LogP contribution in [-0.4, -0.2) is 42.1 Å². The first-order valence-corrected chi connectivity index (χ1v) is 8.96. The van der Waals surface area contributed by atoms with Crippen LogP contribution in [0.15, 0.2) is 18.2 Å². The highest BCUT2D eigenvalue weighted by Crippen LogP contribution is 2.42. The number of ether oxygens (including phenoxy) is 1. The number of halogens is 1. The Morgan fingerprint density at radius 1 is 1.32 bits per heavy atom. The molecule has 1 aromatic rings. The number of benzene rings is 1. The van der Waals surface area contributed by atoms with Crippen molar-refractivity contribution in [2.75, 3.05) is 19.7 Å². The van der Waals surface area contributed by atoms with Crippen molar-refractivity contribution in [2.24, 2.45) is 5.92 Å². The van der Waals surface area contributed by atoms with Gasteiger partial charge in [0.2, 0.25) is 5.91 Å². The molecule has 1 N–H and O–H groups in total. The van der Waals surface area contributed by atoms with Gasteiger partial charge in [-0.25, -0.2) is 9.18 Å². The van der Waals surface area contributed by atoms with Gasteiger partial charge < -0.3 is 15.0 Å². The number of hydrogen-bond donors (Lipinski definition) is 1. The minimum Gasteiger partial charge on any atom is -0.447 e. The van der Waals surface area contributed by atoms with Gasteiger partial charge in [-0.3, -0.25) is 4.79 Å². The summed E-state index contributed by atoms with van der Waals surface area (Å²) in [5, 5.41) is 2.82. The minimum atomic E-state index is -0.383. The normalized spacial score (nSPS) is 29.3. The predicted molar refractivity (Wildman–Crippen MR) is 89.6 cm³/mol. The Balaban J connectivity index is 1.32. The summed E-state index contributed by atoms with van der Waals surface area (Å²) in [6.07, 6.45) is 2.52. The Hall–Kier alpha value is -2.11. The van der Waals surface area contributed by atoms with Crippen LogP contribution in [0.5, 0.6) is 0 Å². The molecular weight excluding hydrogens is 323 g/mol. The molecule has 0 unspecified atom stereocenters. The fraction of sp³-hybridized carbons (Fsp3) is 0.579. The average molecular weight is 346 g/mol. The highest BCUT2D eigenvalue weighted by molar-refractivity contribution is 5.81. The average Bonchev–Trinajstić information content (AvgIpc) is 2.95. The SMILES string of the molecule is Cc1ccc(C2CCN(C(=O)[C@H]3C[C@]4(COC(=O)N4)C3)CC2)c(F)c1. The molecule has 4 rings (SSSR count). The first kappa shape index (κ1) is 16.4. The Morgan fingerprint density at radius 2 is 2.04 bits per heavy atom. The Morgan fingerprint density at radius 3 is 2.64 bits per heavy atom. The van der Waals surface area contributed by atoms with Gasteiger partial charge in [-0.15, -0.1) is 0 Å². The summed E-state index contributed by atoms with van der Waals surface area (Å²) in [6, 6.07) is 5.41. The van der Waals surface area contributed by atoms with Crippen LogP contribution in [0.3, 0.4) is 0 Å². The van der Waals surface area contributed by atoms with Crippen molar-refractivity contribution in [1.29, 1.82) is 0 Å². The van der Waals surface area contributed by atoms with E-state index in [2.05, 4.69) is 5.32 Å². The van der Waals surface area contributed by atoms with Gasteiger partial charge in [0.05, 0.1) is 5.54 Å². The van der Waals surface area contributed by atoms with E-state index in [1.807, 2.05) is 24.0 Å². The van der Waals surface area contributed by atoms with E-state index < -0.39 is 0 Å². The molecule has 25 heavy (non-hydrogen) atoms. The summed E-state index contributed by atoms with van der Waals surface area (Å²) in [4.78, 5) is 25.7. The van der Waals surface area contributed by atoms with Crippen molar-refractivity contribution in [3.05, 3.63) is 35.1 Å². The lowest BCUT2D eigenvalue weighted by molar-refractivity contribution is -0.142. The molecule has 2 aliphatic heterocycles. The van der Waals surface area contributed by atoms with E-state index in [-0.39, 0.29) is 35.2 Å². The van der Waals surface area contributed by atoms with Crippen molar-refractivity contribution in [2.45, 2.75) is 44.1 Å². The molecule has 3 aliphatic rings. The van der Waals surface area contributed by atoms with Crippen LogP contribution in [0.25, 0.3) is 0 Å². The van der Waals surface area contributed by atoms with E-state index in [1.165, 1.54) is 0 Å². The van der Waals surface area contributed by atoms with E-state index in [1.54, 1.807) is 6.07 Å². The van der Waals surface area contributed by atoms with E-state index in [0.29, 0.717) is 32.5 Å². The van der Waals surface area contributed by atoms with Crippen LogP contribution in [0.4, 0.5) is 9.18 Å². The van der Waals surface area contributed by atoms with Crippen molar-refractivity contribution >= 4 is 12.0 Å². The van der Waals surface area contributed by atoms with Crippen molar-refractivity contribution in [1.82, 2.24) is 10.2 Å². The molecular formula is C19H23FN2O3. The topological polar surface area (TPSA) is 58.6 Å². The number of cyclic esters (lactones) is 1. The Bertz CT molecular complexity index is 707. The van der Waals surface area contributed by atoms with Gasteiger partial charge in [-0.1, -0.05) is 12.1 Å². The van der Waals surface area contributed by atoms with Gasteiger partial charge in [0, 0.05) is 19.0 Å². The van der Waals surface area contributed by atoms with Crippen molar-refractivity contribution in [3.8, 4) is 0 Å². The first-order chi connectivity index (χ1) is 12.0. The third-order valence-electron chi connectivity index (χ3n) is 5.87. The van der Waals surface area contributed by atoms with Gasteiger partial charge in [0.15, 0.2) is 0 Å². The van der Waals surface area contributed by atoms with E-state index >= 15 is 0 Å². The molecule has 0 bridgehead atoms. The maximum atomic E-state index is 14.2. The molecule has 0 atom stereocenters. The molecule has 134 valence electrons. The number of carbonyl (C=O) groups excluding carboxylic acids is 2. The number of rotatable bonds is 2. The van der Waals surface area contributed by atoms with Gasteiger partial charge in [-0.05, 0) is 55.7 Å². The third kappa shape index (κ3) is 2.98. The van der Waals surface area contributed by atoms with E-state index in [9.17, 15) is 14.0 Å². The lowest BCUT2D eigenvalue weighted by atomic mass is 9.68. The number of hydrogen-bond acceptors (Lipinski definition) is 3. The lowest BCUT2D eigenvalue weighted by Crippen LogP contribution is -2.58. The van der Waals surface area contributed by atoms with Gasteiger partial charge >= 0.3 is 6.09 Å². The van der Waals surface area contributed by atoms with Gasteiger partial charge in [0.25, 0.3) is 0 Å². The summed E-state index contributed by atoms with van der Waals surface area (Å²) >= 11 is 0. The number of amides is 2. The summed E-state index contributed by atoms with van der Waals surface area (Å²) in [7, 11) is 0. The molecule has 0 radical (unpaired) electrons. The molecule has 0 aromatic heterocycles. The van der Waals surface area contributed by atoms with Crippen LogP contribution in [0.1, 0.15) is 42.7 Å². The standard InChI is InChI=1S/C19H23FN2O3/c1-12-2-3-15(16(20)8-12)13-4-6-22(7-5-13)17(23)14-9-19(10-14)11-25-18(24)21-19/h2-3,8,13-14H,4-7,9-11H2,1H3,(H,21,24)/t14-,19+. The lowest BCUT2D eigenvalue weighted by Gasteiger charge is -2.45. The first-order valence-electron chi connectivity index (χ1n) is 8.96. The van der Waals surface area contributed by atoms with Gasteiger partial charge in [-0.2, -0.15) is 0 Å². The molecule has 2 saturated heterocycles. The quantitative estimate of drug-likeness (QED) is 0.896. The molecule has 3 fully saturated rings. The molecule has 2 amide bonds. The molecule has 1 aromatic carbocycles. The fourth-order valence-electron chi connectivity index (χ4n) is 4.40. The number of alkyl carbamates (subject to hydrolysis) is 1. The third-order valence-corrected chi connectivity index (χ3v) is 5.87. The highest BCUT2D eigenvalue weighted by atomic mass is 19.1. The second-order valence-corrected chi connectivity index (χ2v) is 7.71. The zero-order valence-corrected chi connectivity index (χ0v) is 14.4. The molecule has 1 saturated carbocycles. The van der Waals surface area contributed by atoms with Crippen LogP contribution < -0.4 is 5.32 Å². The molecule has 5 nitrogen and oxygen atoms in total. The molecule has 6 heteroatoms. The zero-order chi connectivity index (χ0) is 17.6. The number of nitrogens with one attached hydrogen (secondary N) is 1. The number of carbonyl (C=O) groups is 2. The molecule has 2 heterocycles. The van der Waals surface area contributed by atoms with Crippen molar-refractivity contribution in [3.63, 3.8) is 0 Å². The van der Waals surface area contributed by atoms with E-state index in [4.69, 9.17) is 4.74 Å². The van der Waals surface area contributed by atoms with Crippen LogP contribution >= 0.6 is 0 Å². The highest BCUT2D eigenvalue weighted by Gasteiger charge is 2.53. The van der Waals surface area contributed by atoms with Crippen LogP contribution in [-0.2, 0) is 9.53 Å². The van der Waals surface area contributed by atoms with E-state index in [0.717, 1.165) is 24.0 Å². The fourth-order valence-corrected chi connectivity index (χ4v) is 4.40. The monoisotopic (exact) mass is 346 g/mol. The largest absolute Gasteiger partial charge is 0.447 e. The number of piperidine rings is 1. The smallest absolute Gasteiger partial charge is 0.407 e. The van der Waals surface area contributed by atoms with Gasteiger partial charge in [0.1, 0.15) is 12.4 Å². The number of aryl methyl sites for hydroxylation is 1. The maximum Gasteiger partial charge on any atom is 0.407 e. The predicted octanol–water partition coefficient (Wildman–Crippen LogP) is 2.73. The number of nitrogens with zero attached hydrogens (tertiary/aromatic N) is 1. The van der Waals surface area contributed by atoms with Crippen molar-refractivity contribution < 1.29 is 18.7 Å². The maximum absolute atomic E-state index is 14.2. The summed E-state index contributed by atoms with van der Waals surface area (Å²) in [6.45, 7) is 3.59. The second kappa shape index (κ2) is 6.00. The zero-order valence-electron chi connectivity index (χ0n) is 14.4. The summed E-state index contributed by atoms with van der Waals surface area (Å²) in [5.74, 6) is 0.173. The minimum absolute atomic E-state index is 0.0327. The van der Waals surface area contributed by atoms with Crippen LogP contribution in [0, 0.1) is 18.7 Å². The summed E-state index contributed by atoms with van der Waals surface area (Å²) in [5.41, 5.74) is 1.38.